The van der Waals surface area contributed by atoms with E-state index in [0.29, 0.717) is 30.8 Å². The lowest BCUT2D eigenvalue weighted by Crippen LogP contribution is -2.46. The standard InChI is InChI=1S/C21H23N5O4/c1-13-6-7-14(2)16(9-13)23-18(27)11-24(3)19(28)12-26-20(29)15(10-22)17-5-4-8-25(17)21(26)30/h6-7,9H,4-5,8,11-12H2,1-3H3,(H,23,27). The number of amides is 2. The third-order valence-corrected chi connectivity index (χ3v) is 5.21. The van der Waals surface area contributed by atoms with Crippen molar-refractivity contribution in [1.82, 2.24) is 14.0 Å². The summed E-state index contributed by atoms with van der Waals surface area (Å²) in [4.78, 5) is 51.2. The summed E-state index contributed by atoms with van der Waals surface area (Å²) in [7, 11) is 1.42. The molecular formula is C21H23N5O4. The number of benzene rings is 1. The van der Waals surface area contributed by atoms with Crippen molar-refractivity contribution in [3.05, 3.63) is 61.4 Å². The monoisotopic (exact) mass is 409 g/mol. The molecule has 30 heavy (non-hydrogen) atoms. The summed E-state index contributed by atoms with van der Waals surface area (Å²) in [6, 6.07) is 7.51. The third-order valence-electron chi connectivity index (χ3n) is 5.21. The first kappa shape index (κ1) is 21.0. The molecule has 0 aliphatic carbocycles. The minimum Gasteiger partial charge on any atom is -0.335 e. The summed E-state index contributed by atoms with van der Waals surface area (Å²) >= 11 is 0. The van der Waals surface area contributed by atoms with Crippen molar-refractivity contribution in [2.45, 2.75) is 39.8 Å². The van der Waals surface area contributed by atoms with Gasteiger partial charge in [0.05, 0.1) is 6.54 Å². The Morgan fingerprint density at radius 1 is 1.27 bits per heavy atom. The molecule has 2 heterocycles. The Morgan fingerprint density at radius 2 is 2.00 bits per heavy atom. The van der Waals surface area contributed by atoms with E-state index in [1.54, 1.807) is 0 Å². The van der Waals surface area contributed by atoms with Gasteiger partial charge in [0.1, 0.15) is 18.2 Å². The number of nitrogens with zero attached hydrogens (tertiary/aromatic N) is 4. The van der Waals surface area contributed by atoms with Crippen molar-refractivity contribution in [1.29, 1.82) is 5.26 Å². The smallest absolute Gasteiger partial charge is 0.331 e. The number of aryl methyl sites for hydroxylation is 2. The zero-order valence-electron chi connectivity index (χ0n) is 17.2. The number of nitriles is 1. The second-order valence-electron chi connectivity index (χ2n) is 7.48. The quantitative estimate of drug-likeness (QED) is 0.774. The van der Waals surface area contributed by atoms with Crippen LogP contribution in [0.3, 0.4) is 0 Å². The molecule has 9 heteroatoms. The molecular weight excluding hydrogens is 386 g/mol. The van der Waals surface area contributed by atoms with Crippen molar-refractivity contribution >= 4 is 17.5 Å². The Hall–Kier alpha value is -3.67. The normalized spacial score (nSPS) is 12.2. The van der Waals surface area contributed by atoms with Crippen LogP contribution in [-0.4, -0.2) is 39.4 Å². The first-order chi connectivity index (χ1) is 14.2. The van der Waals surface area contributed by atoms with Gasteiger partial charge in [-0.25, -0.2) is 9.36 Å². The molecule has 2 aromatic rings. The van der Waals surface area contributed by atoms with Crippen molar-refractivity contribution in [2.24, 2.45) is 0 Å². The van der Waals surface area contributed by atoms with Gasteiger partial charge in [0.25, 0.3) is 5.56 Å². The fraction of sp³-hybridized carbons (Fsp3) is 0.381. The molecule has 0 saturated heterocycles. The Labute approximate surface area is 173 Å². The van der Waals surface area contributed by atoms with Gasteiger partial charge in [0.2, 0.25) is 11.8 Å². The highest BCUT2D eigenvalue weighted by Gasteiger charge is 2.24. The predicted molar refractivity (Wildman–Crippen MR) is 110 cm³/mol. The zero-order valence-corrected chi connectivity index (χ0v) is 17.2. The van der Waals surface area contributed by atoms with Crippen LogP contribution in [0.25, 0.3) is 0 Å². The highest BCUT2D eigenvalue weighted by Crippen LogP contribution is 2.16. The molecule has 1 aromatic carbocycles. The number of aromatic nitrogens is 2. The number of rotatable bonds is 5. The molecule has 0 spiro atoms. The summed E-state index contributed by atoms with van der Waals surface area (Å²) in [6.07, 6.45) is 1.15. The highest BCUT2D eigenvalue weighted by molar-refractivity contribution is 5.95. The van der Waals surface area contributed by atoms with Crippen LogP contribution >= 0.6 is 0 Å². The number of hydrogen-bond acceptors (Lipinski definition) is 5. The molecule has 156 valence electrons. The minimum atomic E-state index is -0.766. The van der Waals surface area contributed by atoms with Crippen molar-refractivity contribution in [2.75, 3.05) is 18.9 Å². The van der Waals surface area contributed by atoms with E-state index < -0.39 is 29.6 Å². The van der Waals surface area contributed by atoms with Gasteiger partial charge in [-0.2, -0.15) is 5.26 Å². The van der Waals surface area contributed by atoms with Crippen molar-refractivity contribution in [3.8, 4) is 6.07 Å². The van der Waals surface area contributed by atoms with Crippen molar-refractivity contribution < 1.29 is 9.59 Å². The van der Waals surface area contributed by atoms with Crippen LogP contribution in [0.15, 0.2) is 27.8 Å². The van der Waals surface area contributed by atoms with Gasteiger partial charge in [0.15, 0.2) is 0 Å². The molecule has 3 rings (SSSR count). The highest BCUT2D eigenvalue weighted by atomic mass is 16.2. The number of fused-ring (bicyclic) bond motifs is 1. The number of hydrogen-bond donors (Lipinski definition) is 1. The maximum absolute atomic E-state index is 12.6. The zero-order chi connectivity index (χ0) is 22.0. The molecule has 0 radical (unpaired) electrons. The van der Waals surface area contributed by atoms with E-state index in [1.165, 1.54) is 11.6 Å². The van der Waals surface area contributed by atoms with E-state index >= 15 is 0 Å². The van der Waals surface area contributed by atoms with Crippen LogP contribution in [0.4, 0.5) is 5.69 Å². The van der Waals surface area contributed by atoms with Crippen LogP contribution in [-0.2, 0) is 29.1 Å². The van der Waals surface area contributed by atoms with Crippen molar-refractivity contribution in [3.63, 3.8) is 0 Å². The van der Waals surface area contributed by atoms with Crippen LogP contribution in [0.2, 0.25) is 0 Å². The summed E-state index contributed by atoms with van der Waals surface area (Å²) in [6.45, 7) is 3.42. The third kappa shape index (κ3) is 4.03. The summed E-state index contributed by atoms with van der Waals surface area (Å²) in [5.74, 6) is -0.969. The average Bonchev–Trinajstić information content (AvgIpc) is 3.18. The van der Waals surface area contributed by atoms with Crippen LogP contribution in [0.5, 0.6) is 0 Å². The maximum Gasteiger partial charge on any atom is 0.331 e. The van der Waals surface area contributed by atoms with E-state index in [0.717, 1.165) is 20.6 Å². The molecule has 1 N–H and O–H groups in total. The summed E-state index contributed by atoms with van der Waals surface area (Å²) in [5.41, 5.74) is 1.50. The number of nitrogens with one attached hydrogen (secondary N) is 1. The first-order valence-electron chi connectivity index (χ1n) is 9.60. The lowest BCUT2D eigenvalue weighted by molar-refractivity contribution is -0.133. The molecule has 9 nitrogen and oxygen atoms in total. The number of anilines is 1. The Bertz CT molecular complexity index is 1190. The fourth-order valence-corrected chi connectivity index (χ4v) is 3.51. The molecule has 0 bridgehead atoms. The van der Waals surface area contributed by atoms with E-state index in [2.05, 4.69) is 5.32 Å². The molecule has 1 aliphatic heterocycles. The summed E-state index contributed by atoms with van der Waals surface area (Å²) < 4.78 is 2.15. The van der Waals surface area contributed by atoms with Crippen LogP contribution in [0, 0.1) is 25.2 Å². The molecule has 0 fully saturated rings. The van der Waals surface area contributed by atoms with E-state index in [9.17, 15) is 24.4 Å². The number of carbonyl (C=O) groups excluding carboxylic acids is 2. The summed E-state index contributed by atoms with van der Waals surface area (Å²) in [5, 5.41) is 12.1. The minimum absolute atomic E-state index is 0.102. The topological polar surface area (TPSA) is 117 Å². The van der Waals surface area contributed by atoms with Gasteiger partial charge >= 0.3 is 5.69 Å². The second-order valence-corrected chi connectivity index (χ2v) is 7.48. The van der Waals surface area contributed by atoms with E-state index in [-0.39, 0.29) is 12.1 Å². The van der Waals surface area contributed by atoms with Gasteiger partial charge in [-0.15, -0.1) is 0 Å². The molecule has 2 amide bonds. The van der Waals surface area contributed by atoms with Gasteiger partial charge in [-0.3, -0.25) is 19.0 Å². The largest absolute Gasteiger partial charge is 0.335 e. The Morgan fingerprint density at radius 3 is 2.70 bits per heavy atom. The van der Waals surface area contributed by atoms with E-state index in [1.807, 2.05) is 38.1 Å². The van der Waals surface area contributed by atoms with Crippen LogP contribution in [0.1, 0.15) is 28.8 Å². The first-order valence-corrected chi connectivity index (χ1v) is 9.60. The predicted octanol–water partition coefficient (Wildman–Crippen LogP) is 0.542. The van der Waals surface area contributed by atoms with Gasteiger partial charge in [0, 0.05) is 25.0 Å². The Balaban J connectivity index is 1.74. The SMILES string of the molecule is Cc1ccc(C)c(NC(=O)CN(C)C(=O)Cn2c(=O)c(C#N)c3n(c2=O)CCC3)c1. The lowest BCUT2D eigenvalue weighted by Gasteiger charge is -2.18. The molecule has 1 aliphatic rings. The number of carbonyl (C=O) groups is 2. The molecule has 0 atom stereocenters. The number of likely N-dealkylation sites (N-methyl/N-ethyl adjacent to an activating group) is 1. The van der Waals surface area contributed by atoms with Crippen LogP contribution < -0.4 is 16.6 Å². The Kier molecular flexibility index (Phi) is 5.87. The lowest BCUT2D eigenvalue weighted by atomic mass is 10.1. The van der Waals surface area contributed by atoms with Gasteiger partial charge in [-0.05, 0) is 43.9 Å². The fourth-order valence-electron chi connectivity index (χ4n) is 3.51. The average molecular weight is 409 g/mol. The van der Waals surface area contributed by atoms with Gasteiger partial charge in [-0.1, -0.05) is 12.1 Å². The van der Waals surface area contributed by atoms with Gasteiger partial charge < -0.3 is 10.2 Å². The second kappa shape index (κ2) is 8.37. The molecule has 0 unspecified atom stereocenters. The molecule has 0 saturated carbocycles. The molecule has 1 aromatic heterocycles. The van der Waals surface area contributed by atoms with E-state index in [4.69, 9.17) is 0 Å². The maximum atomic E-state index is 12.6.